The number of benzene rings is 1. The van der Waals surface area contributed by atoms with Gasteiger partial charge in [-0.3, -0.25) is 4.79 Å². The number of aromatic nitrogens is 1. The molecule has 1 aromatic heterocycles. The Balaban J connectivity index is 1.45. The van der Waals surface area contributed by atoms with Crippen molar-refractivity contribution in [3.8, 4) is 11.3 Å². The Bertz CT molecular complexity index is 942. The van der Waals surface area contributed by atoms with E-state index in [-0.39, 0.29) is 17.3 Å². The van der Waals surface area contributed by atoms with Crippen LogP contribution in [-0.2, 0) is 15.6 Å². The van der Waals surface area contributed by atoms with Gasteiger partial charge in [0.25, 0.3) is 0 Å². The fourth-order valence-electron chi connectivity index (χ4n) is 4.95. The molecule has 2 N–H and O–H groups in total. The topological polar surface area (TPSA) is 65.5 Å². The first-order valence-corrected chi connectivity index (χ1v) is 12.3. The quantitative estimate of drug-likeness (QED) is 0.646. The molecule has 2 heterocycles. The first kappa shape index (κ1) is 22.3. The van der Waals surface area contributed by atoms with E-state index < -0.39 is 5.97 Å². The van der Waals surface area contributed by atoms with Crippen molar-refractivity contribution in [1.29, 1.82) is 0 Å². The van der Waals surface area contributed by atoms with E-state index in [1.54, 1.807) is 11.3 Å². The number of carbonyl (C=O) groups is 1. The second kappa shape index (κ2) is 8.55. The fourth-order valence-corrected chi connectivity index (χ4v) is 5.84. The number of carboxylic acid groups (broad SMARTS) is 1. The molecule has 0 spiro atoms. The van der Waals surface area contributed by atoms with Gasteiger partial charge in [0.15, 0.2) is 5.13 Å². The van der Waals surface area contributed by atoms with Crippen molar-refractivity contribution in [2.75, 3.05) is 24.5 Å². The Kier molecular flexibility index (Phi) is 6.14. The van der Waals surface area contributed by atoms with Crippen LogP contribution >= 0.6 is 11.3 Å². The summed E-state index contributed by atoms with van der Waals surface area (Å²) in [7, 11) is 0. The Morgan fingerprint density at radius 2 is 1.84 bits per heavy atom. The molecule has 2 aliphatic rings. The van der Waals surface area contributed by atoms with Crippen LogP contribution in [0.1, 0.15) is 70.9 Å². The molecule has 1 fully saturated rings. The summed E-state index contributed by atoms with van der Waals surface area (Å²) in [6.45, 7) is 11.9. The average molecular weight is 442 g/mol. The zero-order chi connectivity index (χ0) is 22.2. The summed E-state index contributed by atoms with van der Waals surface area (Å²) in [5.74, 6) is -0.741. The van der Waals surface area contributed by atoms with Crippen molar-refractivity contribution in [3.63, 3.8) is 0 Å². The molecule has 0 amide bonds. The number of thiazole rings is 1. The summed E-state index contributed by atoms with van der Waals surface area (Å²) < 4.78 is 0. The summed E-state index contributed by atoms with van der Waals surface area (Å²) in [6.07, 6.45) is 4.68. The van der Waals surface area contributed by atoms with Crippen LogP contribution in [0.5, 0.6) is 0 Å². The lowest BCUT2D eigenvalue weighted by molar-refractivity contribution is -0.136. The number of carboxylic acids is 1. The molecular weight excluding hydrogens is 406 g/mol. The number of hydrogen-bond donors (Lipinski definition) is 2. The molecule has 0 bridgehead atoms. The van der Waals surface area contributed by atoms with Crippen LogP contribution in [-0.4, -0.2) is 41.7 Å². The summed E-state index contributed by atoms with van der Waals surface area (Å²) in [4.78, 5) is 18.1. The minimum Gasteiger partial charge on any atom is -0.481 e. The van der Waals surface area contributed by atoms with E-state index in [2.05, 4.69) is 61.5 Å². The van der Waals surface area contributed by atoms with Crippen molar-refractivity contribution < 1.29 is 9.90 Å². The molecule has 5 nitrogen and oxygen atoms in total. The first-order chi connectivity index (χ1) is 14.7. The maximum Gasteiger partial charge on any atom is 0.304 e. The molecule has 1 aromatic carbocycles. The van der Waals surface area contributed by atoms with E-state index in [0.29, 0.717) is 12.6 Å². The fraction of sp³-hybridized carbons (Fsp3) is 0.600. The molecule has 0 unspecified atom stereocenters. The van der Waals surface area contributed by atoms with Crippen LogP contribution in [0.2, 0.25) is 0 Å². The van der Waals surface area contributed by atoms with E-state index in [9.17, 15) is 4.79 Å². The Morgan fingerprint density at radius 3 is 2.52 bits per heavy atom. The zero-order valence-corrected chi connectivity index (χ0v) is 20.0. The van der Waals surface area contributed by atoms with Crippen molar-refractivity contribution >= 4 is 22.4 Å². The lowest BCUT2D eigenvalue weighted by Crippen LogP contribution is -2.43. The Labute approximate surface area is 189 Å². The molecule has 31 heavy (non-hydrogen) atoms. The second-order valence-electron chi connectivity index (χ2n) is 10.4. The van der Waals surface area contributed by atoms with Gasteiger partial charge in [-0.15, -0.1) is 11.3 Å². The molecule has 1 saturated heterocycles. The second-order valence-corrected chi connectivity index (χ2v) is 11.2. The van der Waals surface area contributed by atoms with Gasteiger partial charge in [-0.05, 0) is 53.7 Å². The van der Waals surface area contributed by atoms with E-state index >= 15 is 0 Å². The molecule has 6 heteroatoms. The van der Waals surface area contributed by atoms with Gasteiger partial charge in [0.1, 0.15) is 0 Å². The largest absolute Gasteiger partial charge is 0.481 e. The minimum atomic E-state index is -0.741. The molecule has 0 saturated carbocycles. The molecule has 4 rings (SSSR count). The number of fused-ring (bicyclic) bond motifs is 1. The van der Waals surface area contributed by atoms with Gasteiger partial charge in [0, 0.05) is 36.6 Å². The van der Waals surface area contributed by atoms with Gasteiger partial charge in [0.2, 0.25) is 0 Å². The molecule has 168 valence electrons. The third-order valence-electron chi connectivity index (χ3n) is 7.18. The number of nitrogens with one attached hydrogen (secondary N) is 1. The minimum absolute atomic E-state index is 0.185. The first-order valence-electron chi connectivity index (χ1n) is 11.5. The van der Waals surface area contributed by atoms with Crippen molar-refractivity contribution in [1.82, 2.24) is 10.3 Å². The molecule has 0 atom stereocenters. The van der Waals surface area contributed by atoms with Crippen LogP contribution < -0.4 is 10.2 Å². The highest BCUT2D eigenvalue weighted by atomic mass is 32.1. The van der Waals surface area contributed by atoms with Crippen LogP contribution in [0, 0.1) is 0 Å². The van der Waals surface area contributed by atoms with E-state index in [0.717, 1.165) is 36.8 Å². The number of aliphatic carboxylic acids is 1. The van der Waals surface area contributed by atoms with Crippen LogP contribution in [0.3, 0.4) is 0 Å². The highest BCUT2D eigenvalue weighted by molar-refractivity contribution is 7.14. The molecule has 2 aromatic rings. The van der Waals surface area contributed by atoms with Gasteiger partial charge >= 0.3 is 5.97 Å². The van der Waals surface area contributed by atoms with Crippen LogP contribution in [0.4, 0.5) is 5.13 Å². The van der Waals surface area contributed by atoms with Gasteiger partial charge < -0.3 is 15.3 Å². The predicted molar refractivity (Wildman–Crippen MR) is 128 cm³/mol. The lowest BCUT2D eigenvalue weighted by Gasteiger charge is -2.42. The van der Waals surface area contributed by atoms with Gasteiger partial charge in [0.05, 0.1) is 12.1 Å². The van der Waals surface area contributed by atoms with Gasteiger partial charge in [-0.1, -0.05) is 39.8 Å². The average Bonchev–Trinajstić information content (AvgIpc) is 3.22. The van der Waals surface area contributed by atoms with Crippen molar-refractivity contribution in [3.05, 3.63) is 34.7 Å². The maximum atomic E-state index is 10.7. The highest BCUT2D eigenvalue weighted by Crippen LogP contribution is 2.46. The normalized spacial score (nSPS) is 20.5. The standard InChI is InChI=1S/C25H35N3O2S/c1-24(2)10-11-25(3,4)20-15-17(5-6-19(20)24)21-16-31-23(27-21)28-13-8-18(9-14-28)26-12-7-22(29)30/h5-6,15-16,18,26H,7-14H2,1-4H3,(H,29,30). The summed E-state index contributed by atoms with van der Waals surface area (Å²) >= 11 is 1.73. The summed E-state index contributed by atoms with van der Waals surface area (Å²) in [6, 6.07) is 7.37. The summed E-state index contributed by atoms with van der Waals surface area (Å²) in [5, 5.41) is 15.5. The summed E-state index contributed by atoms with van der Waals surface area (Å²) in [5.41, 5.74) is 5.69. The number of piperidine rings is 1. The molecule has 1 aliphatic carbocycles. The Hall–Kier alpha value is -1.92. The van der Waals surface area contributed by atoms with E-state index in [4.69, 9.17) is 10.1 Å². The van der Waals surface area contributed by atoms with E-state index in [1.807, 2.05) is 0 Å². The van der Waals surface area contributed by atoms with Gasteiger partial charge in [-0.2, -0.15) is 0 Å². The molecule has 0 radical (unpaired) electrons. The lowest BCUT2D eigenvalue weighted by atomic mass is 9.63. The predicted octanol–water partition coefficient (Wildman–Crippen LogP) is 5.19. The SMILES string of the molecule is CC1(C)CCC(C)(C)c2cc(-c3csc(N4CCC(NCCC(=O)O)CC4)n3)ccc21. The number of rotatable bonds is 6. The van der Waals surface area contributed by atoms with Crippen molar-refractivity contribution in [2.45, 2.75) is 76.7 Å². The van der Waals surface area contributed by atoms with E-state index in [1.165, 1.54) is 29.5 Å². The molecule has 1 aliphatic heterocycles. The monoisotopic (exact) mass is 441 g/mol. The van der Waals surface area contributed by atoms with Gasteiger partial charge in [-0.25, -0.2) is 4.98 Å². The number of hydrogen-bond acceptors (Lipinski definition) is 5. The third-order valence-corrected chi connectivity index (χ3v) is 8.08. The molecular formula is C25H35N3O2S. The van der Waals surface area contributed by atoms with Crippen LogP contribution in [0.25, 0.3) is 11.3 Å². The van der Waals surface area contributed by atoms with Crippen molar-refractivity contribution in [2.24, 2.45) is 0 Å². The number of anilines is 1. The third kappa shape index (κ3) is 4.80. The Morgan fingerprint density at radius 1 is 1.16 bits per heavy atom. The smallest absolute Gasteiger partial charge is 0.304 e. The number of nitrogens with zero attached hydrogens (tertiary/aromatic N) is 2. The zero-order valence-electron chi connectivity index (χ0n) is 19.2. The van der Waals surface area contributed by atoms with Crippen LogP contribution in [0.15, 0.2) is 23.6 Å². The highest BCUT2D eigenvalue weighted by Gasteiger charge is 2.37. The maximum absolute atomic E-state index is 10.7.